The smallest absolute Gasteiger partial charge is 0.0659 e. The van der Waals surface area contributed by atoms with Crippen LogP contribution in [0.4, 0.5) is 0 Å². The first-order valence-electron chi connectivity index (χ1n) is 8.61. The minimum absolute atomic E-state index is 0.299. The van der Waals surface area contributed by atoms with Crippen LogP contribution >= 0.6 is 0 Å². The van der Waals surface area contributed by atoms with Crippen LogP contribution in [-0.2, 0) is 19.4 Å². The van der Waals surface area contributed by atoms with E-state index in [2.05, 4.69) is 58.0 Å². The maximum absolute atomic E-state index is 4.51. The lowest BCUT2D eigenvalue weighted by Crippen LogP contribution is -2.36. The van der Waals surface area contributed by atoms with Crippen LogP contribution in [0.15, 0.2) is 48.9 Å². The zero-order chi connectivity index (χ0) is 16.4. The van der Waals surface area contributed by atoms with Crippen LogP contribution < -0.4 is 5.32 Å². The van der Waals surface area contributed by atoms with E-state index in [1.54, 1.807) is 0 Å². The van der Waals surface area contributed by atoms with Crippen LogP contribution in [0.5, 0.6) is 0 Å². The highest BCUT2D eigenvalue weighted by atomic mass is 15.3. The minimum atomic E-state index is 0.299. The number of fused-ring (bicyclic) bond motifs is 1. The highest BCUT2D eigenvalue weighted by Gasteiger charge is 2.22. The fourth-order valence-corrected chi connectivity index (χ4v) is 3.47. The van der Waals surface area contributed by atoms with Gasteiger partial charge in [0.15, 0.2) is 0 Å². The van der Waals surface area contributed by atoms with Gasteiger partial charge in [-0.2, -0.15) is 10.2 Å². The van der Waals surface area contributed by atoms with E-state index in [0.29, 0.717) is 12.1 Å². The van der Waals surface area contributed by atoms with Crippen LogP contribution in [0.2, 0.25) is 0 Å². The van der Waals surface area contributed by atoms with Gasteiger partial charge in [0, 0.05) is 29.5 Å². The van der Waals surface area contributed by atoms with Gasteiger partial charge < -0.3 is 5.32 Å². The lowest BCUT2D eigenvalue weighted by atomic mass is 9.93. The third-order valence-electron chi connectivity index (χ3n) is 4.84. The lowest BCUT2D eigenvalue weighted by molar-refractivity contribution is 0.412. The van der Waals surface area contributed by atoms with Crippen molar-refractivity contribution in [2.45, 2.75) is 44.8 Å². The van der Waals surface area contributed by atoms with E-state index in [9.17, 15) is 0 Å². The number of benzene rings is 1. The summed E-state index contributed by atoms with van der Waals surface area (Å²) >= 11 is 0. The second-order valence-electron chi connectivity index (χ2n) is 6.66. The average molecular weight is 321 g/mol. The Morgan fingerprint density at radius 1 is 1.29 bits per heavy atom. The zero-order valence-electron chi connectivity index (χ0n) is 13.9. The molecule has 2 atom stereocenters. The Hall–Kier alpha value is -2.40. The van der Waals surface area contributed by atoms with Crippen LogP contribution in [0.1, 0.15) is 41.8 Å². The van der Waals surface area contributed by atoms with Crippen molar-refractivity contribution in [2.24, 2.45) is 0 Å². The normalized spacial score (nSPS) is 18.3. The predicted molar refractivity (Wildman–Crippen MR) is 93.7 cm³/mol. The van der Waals surface area contributed by atoms with Gasteiger partial charge in [-0.25, -0.2) is 0 Å². The van der Waals surface area contributed by atoms with Crippen molar-refractivity contribution in [3.63, 3.8) is 0 Å². The Morgan fingerprint density at radius 2 is 2.17 bits per heavy atom. The number of nitrogens with zero attached hydrogens (tertiary/aromatic N) is 3. The molecule has 0 aliphatic heterocycles. The van der Waals surface area contributed by atoms with Crippen molar-refractivity contribution < 1.29 is 0 Å². The molecule has 1 aliphatic rings. The van der Waals surface area contributed by atoms with Crippen molar-refractivity contribution in [3.05, 3.63) is 71.3 Å². The molecular weight excluding hydrogens is 298 g/mol. The van der Waals surface area contributed by atoms with Gasteiger partial charge in [-0.15, -0.1) is 0 Å². The summed E-state index contributed by atoms with van der Waals surface area (Å²) in [5, 5.41) is 15.5. The molecule has 2 aromatic heterocycles. The molecule has 0 saturated heterocycles. The summed E-state index contributed by atoms with van der Waals surface area (Å²) in [4.78, 5) is 0. The SMILES string of the molecule is C[C@@H](N[C@@H]1CCc2[nH]ncc2C1)c1cnn(Cc2ccccc2)c1. The summed E-state index contributed by atoms with van der Waals surface area (Å²) in [5.41, 5.74) is 5.17. The average Bonchev–Trinajstić information content (AvgIpc) is 3.24. The van der Waals surface area contributed by atoms with E-state index >= 15 is 0 Å². The van der Waals surface area contributed by atoms with Crippen molar-refractivity contribution in [1.82, 2.24) is 25.3 Å². The van der Waals surface area contributed by atoms with Gasteiger partial charge in [0.05, 0.1) is 18.9 Å². The molecule has 5 heteroatoms. The molecule has 2 N–H and O–H groups in total. The first kappa shape index (κ1) is 15.1. The first-order chi connectivity index (χ1) is 11.8. The van der Waals surface area contributed by atoms with Gasteiger partial charge in [-0.3, -0.25) is 9.78 Å². The molecule has 2 heterocycles. The highest BCUT2D eigenvalue weighted by Crippen LogP contribution is 2.22. The molecule has 0 amide bonds. The topological polar surface area (TPSA) is 58.5 Å². The zero-order valence-corrected chi connectivity index (χ0v) is 13.9. The number of aryl methyl sites for hydroxylation is 1. The van der Waals surface area contributed by atoms with Crippen molar-refractivity contribution in [2.75, 3.05) is 0 Å². The Kier molecular flexibility index (Phi) is 4.17. The Morgan fingerprint density at radius 3 is 3.04 bits per heavy atom. The fourth-order valence-electron chi connectivity index (χ4n) is 3.47. The molecule has 1 aromatic carbocycles. The van der Waals surface area contributed by atoms with Gasteiger partial charge >= 0.3 is 0 Å². The van der Waals surface area contributed by atoms with Crippen LogP contribution in [0.3, 0.4) is 0 Å². The fraction of sp³-hybridized carbons (Fsp3) is 0.368. The van der Waals surface area contributed by atoms with Crippen molar-refractivity contribution >= 4 is 0 Å². The molecule has 0 unspecified atom stereocenters. The number of H-pyrrole nitrogens is 1. The molecule has 3 aromatic rings. The number of nitrogens with one attached hydrogen (secondary N) is 2. The quantitative estimate of drug-likeness (QED) is 0.760. The number of hydrogen-bond donors (Lipinski definition) is 2. The van der Waals surface area contributed by atoms with E-state index in [4.69, 9.17) is 0 Å². The van der Waals surface area contributed by atoms with E-state index in [-0.39, 0.29) is 0 Å². The van der Waals surface area contributed by atoms with Gasteiger partial charge in [0.1, 0.15) is 0 Å². The van der Waals surface area contributed by atoms with Crippen molar-refractivity contribution in [1.29, 1.82) is 0 Å². The highest BCUT2D eigenvalue weighted by molar-refractivity contribution is 5.22. The molecule has 0 bridgehead atoms. The van der Waals surface area contributed by atoms with Crippen LogP contribution in [-0.4, -0.2) is 26.0 Å². The molecule has 24 heavy (non-hydrogen) atoms. The summed E-state index contributed by atoms with van der Waals surface area (Å²) in [7, 11) is 0. The minimum Gasteiger partial charge on any atom is -0.307 e. The number of aromatic amines is 1. The Labute approximate surface area is 142 Å². The van der Waals surface area contributed by atoms with Crippen LogP contribution in [0.25, 0.3) is 0 Å². The number of hydrogen-bond acceptors (Lipinski definition) is 3. The Balaban J connectivity index is 1.38. The molecule has 4 rings (SSSR count). The standard InChI is InChI=1S/C19H23N5/c1-14(22-18-7-8-19-16(9-18)10-20-23-19)17-11-21-24(13-17)12-15-5-3-2-4-6-15/h2-6,10-11,13-14,18,22H,7-9,12H2,1H3,(H,20,23)/t14-,18-/m1/s1. The van der Waals surface area contributed by atoms with Gasteiger partial charge in [-0.05, 0) is 37.3 Å². The monoisotopic (exact) mass is 321 g/mol. The molecule has 0 fully saturated rings. The van der Waals surface area contributed by atoms with Gasteiger partial charge in [0.25, 0.3) is 0 Å². The van der Waals surface area contributed by atoms with E-state index in [1.165, 1.54) is 22.4 Å². The second-order valence-corrected chi connectivity index (χ2v) is 6.66. The number of rotatable bonds is 5. The molecule has 1 aliphatic carbocycles. The molecule has 124 valence electrons. The van der Waals surface area contributed by atoms with Gasteiger partial charge in [0.2, 0.25) is 0 Å². The summed E-state index contributed by atoms with van der Waals surface area (Å²) in [5.74, 6) is 0. The molecule has 0 saturated carbocycles. The van der Waals surface area contributed by atoms with E-state index in [0.717, 1.165) is 25.8 Å². The maximum Gasteiger partial charge on any atom is 0.0659 e. The van der Waals surface area contributed by atoms with E-state index < -0.39 is 0 Å². The summed E-state index contributed by atoms with van der Waals surface area (Å²) in [6, 6.07) is 11.2. The van der Waals surface area contributed by atoms with Crippen molar-refractivity contribution in [3.8, 4) is 0 Å². The maximum atomic E-state index is 4.51. The van der Waals surface area contributed by atoms with E-state index in [1.807, 2.05) is 23.1 Å². The predicted octanol–water partition coefficient (Wildman–Crippen LogP) is 2.86. The largest absolute Gasteiger partial charge is 0.307 e. The number of aromatic nitrogens is 4. The molecular formula is C19H23N5. The molecule has 5 nitrogen and oxygen atoms in total. The summed E-state index contributed by atoms with van der Waals surface area (Å²) in [6.07, 6.45) is 9.37. The molecule has 0 radical (unpaired) electrons. The van der Waals surface area contributed by atoms with Gasteiger partial charge in [-0.1, -0.05) is 30.3 Å². The second kappa shape index (κ2) is 6.61. The molecule has 0 spiro atoms. The summed E-state index contributed by atoms with van der Waals surface area (Å²) < 4.78 is 2.01. The third kappa shape index (κ3) is 3.26. The Bertz CT molecular complexity index is 789. The summed E-state index contributed by atoms with van der Waals surface area (Å²) in [6.45, 7) is 3.03. The first-order valence-corrected chi connectivity index (χ1v) is 8.61. The lowest BCUT2D eigenvalue weighted by Gasteiger charge is -2.26. The van der Waals surface area contributed by atoms with Crippen LogP contribution in [0, 0.1) is 0 Å². The third-order valence-corrected chi connectivity index (χ3v) is 4.84.